The van der Waals surface area contributed by atoms with Gasteiger partial charge in [-0.1, -0.05) is 72.7 Å². The second-order valence-corrected chi connectivity index (χ2v) is 6.66. The first-order valence-corrected chi connectivity index (χ1v) is 9.02. The van der Waals surface area contributed by atoms with Crippen molar-refractivity contribution in [1.82, 2.24) is 15.5 Å². The lowest BCUT2D eigenvalue weighted by Crippen LogP contribution is -2.37. The Hall–Kier alpha value is -2.99. The number of nitrogens with two attached hydrogens (primary N) is 1. The Labute approximate surface area is 158 Å². The smallest absolute Gasteiger partial charge is 0.231 e. The van der Waals surface area contributed by atoms with Crippen LogP contribution in [0.5, 0.6) is 0 Å². The van der Waals surface area contributed by atoms with Crippen LogP contribution in [0, 0.1) is 5.92 Å². The first kappa shape index (κ1) is 18.8. The molecular formula is C21H24N4O2. The number of rotatable bonds is 7. The summed E-state index contributed by atoms with van der Waals surface area (Å²) in [5, 5.41) is 6.92. The Morgan fingerprint density at radius 2 is 1.70 bits per heavy atom. The van der Waals surface area contributed by atoms with Gasteiger partial charge in [0.25, 0.3) is 0 Å². The maximum absolute atomic E-state index is 12.6. The molecular weight excluding hydrogens is 340 g/mol. The molecule has 0 aliphatic heterocycles. The molecule has 0 bridgehead atoms. The molecule has 3 unspecified atom stereocenters. The number of carbonyl (C=O) groups excluding carboxylic acids is 1. The van der Waals surface area contributed by atoms with Crippen LogP contribution in [-0.2, 0) is 11.2 Å². The first-order chi connectivity index (χ1) is 13.0. The van der Waals surface area contributed by atoms with E-state index in [1.807, 2.05) is 74.5 Å². The predicted molar refractivity (Wildman–Crippen MR) is 103 cm³/mol. The van der Waals surface area contributed by atoms with E-state index < -0.39 is 0 Å². The molecule has 0 aliphatic rings. The number of benzene rings is 2. The van der Waals surface area contributed by atoms with Gasteiger partial charge in [-0.2, -0.15) is 4.98 Å². The van der Waals surface area contributed by atoms with Gasteiger partial charge in [-0.15, -0.1) is 0 Å². The Morgan fingerprint density at radius 1 is 1.07 bits per heavy atom. The van der Waals surface area contributed by atoms with Crippen molar-refractivity contribution in [1.29, 1.82) is 0 Å². The van der Waals surface area contributed by atoms with Crippen molar-refractivity contribution in [2.24, 2.45) is 11.7 Å². The van der Waals surface area contributed by atoms with Crippen molar-refractivity contribution in [3.63, 3.8) is 0 Å². The number of amides is 1. The quantitative estimate of drug-likeness (QED) is 0.671. The fourth-order valence-electron chi connectivity index (χ4n) is 2.82. The van der Waals surface area contributed by atoms with Gasteiger partial charge in [-0.05, 0) is 18.1 Å². The minimum Gasteiger partial charge on any atom is -0.346 e. The highest BCUT2D eigenvalue weighted by molar-refractivity contribution is 5.79. The van der Waals surface area contributed by atoms with Crippen LogP contribution in [0.2, 0.25) is 0 Å². The molecule has 140 valence electrons. The largest absolute Gasteiger partial charge is 0.346 e. The molecule has 1 heterocycles. The summed E-state index contributed by atoms with van der Waals surface area (Å²) in [5.41, 5.74) is 8.25. The van der Waals surface area contributed by atoms with E-state index in [0.717, 1.165) is 11.1 Å². The molecule has 3 atom stereocenters. The van der Waals surface area contributed by atoms with E-state index in [9.17, 15) is 4.79 Å². The first-order valence-electron chi connectivity index (χ1n) is 9.02. The van der Waals surface area contributed by atoms with Crippen molar-refractivity contribution in [3.8, 4) is 0 Å². The van der Waals surface area contributed by atoms with Gasteiger partial charge in [0.1, 0.15) is 0 Å². The van der Waals surface area contributed by atoms with Gasteiger partial charge in [0.2, 0.25) is 11.8 Å². The summed E-state index contributed by atoms with van der Waals surface area (Å²) in [6.45, 7) is 3.65. The third kappa shape index (κ3) is 4.80. The normalized spacial score (nSPS) is 14.3. The Bertz CT molecular complexity index is 864. The number of nitrogens with zero attached hydrogens (tertiary/aromatic N) is 2. The lowest BCUT2D eigenvalue weighted by molar-refractivity contribution is -0.125. The number of hydrogen-bond donors (Lipinski definition) is 2. The van der Waals surface area contributed by atoms with E-state index in [1.54, 1.807) is 0 Å². The van der Waals surface area contributed by atoms with Crippen LogP contribution < -0.4 is 11.1 Å². The third-order valence-electron chi connectivity index (χ3n) is 4.56. The third-order valence-corrected chi connectivity index (χ3v) is 4.56. The Morgan fingerprint density at radius 3 is 2.37 bits per heavy atom. The topological polar surface area (TPSA) is 94.0 Å². The van der Waals surface area contributed by atoms with Crippen molar-refractivity contribution >= 4 is 5.91 Å². The summed E-state index contributed by atoms with van der Waals surface area (Å²) in [7, 11) is 0. The highest BCUT2D eigenvalue weighted by Gasteiger charge is 2.25. The standard InChI is InChI=1S/C21H24N4O2/c1-14(19(22)17-11-7-4-8-12-17)21(26)23-15(2)20-24-18(27-25-20)13-16-9-5-3-6-10-16/h3-12,14-15,19H,13,22H2,1-2H3,(H,23,26). The van der Waals surface area contributed by atoms with E-state index >= 15 is 0 Å². The van der Waals surface area contributed by atoms with E-state index in [2.05, 4.69) is 15.5 Å². The number of carbonyl (C=O) groups is 1. The Balaban J connectivity index is 1.59. The second-order valence-electron chi connectivity index (χ2n) is 6.66. The summed E-state index contributed by atoms with van der Waals surface area (Å²) in [6, 6.07) is 18.7. The van der Waals surface area contributed by atoms with Gasteiger partial charge in [0.05, 0.1) is 18.4 Å². The van der Waals surface area contributed by atoms with Crippen LogP contribution in [0.15, 0.2) is 65.2 Å². The highest BCUT2D eigenvalue weighted by Crippen LogP contribution is 2.20. The maximum Gasteiger partial charge on any atom is 0.231 e. The van der Waals surface area contributed by atoms with Crippen molar-refractivity contribution < 1.29 is 9.32 Å². The highest BCUT2D eigenvalue weighted by atomic mass is 16.5. The van der Waals surface area contributed by atoms with Crippen LogP contribution in [0.25, 0.3) is 0 Å². The molecule has 3 rings (SSSR count). The van der Waals surface area contributed by atoms with Gasteiger partial charge in [-0.3, -0.25) is 4.79 Å². The number of hydrogen-bond acceptors (Lipinski definition) is 5. The van der Waals surface area contributed by atoms with Crippen molar-refractivity contribution in [2.75, 3.05) is 0 Å². The van der Waals surface area contributed by atoms with Crippen LogP contribution in [0.4, 0.5) is 0 Å². The summed E-state index contributed by atoms with van der Waals surface area (Å²) in [4.78, 5) is 17.0. The molecule has 2 aromatic carbocycles. The van der Waals surface area contributed by atoms with Gasteiger partial charge in [0, 0.05) is 6.04 Å². The molecule has 3 aromatic rings. The fraction of sp³-hybridized carbons (Fsp3) is 0.286. The van der Waals surface area contributed by atoms with Gasteiger partial charge in [0.15, 0.2) is 5.82 Å². The van der Waals surface area contributed by atoms with E-state index in [1.165, 1.54) is 0 Å². The van der Waals surface area contributed by atoms with Crippen LogP contribution in [0.1, 0.15) is 48.8 Å². The fourth-order valence-corrected chi connectivity index (χ4v) is 2.82. The monoisotopic (exact) mass is 364 g/mol. The molecule has 0 saturated heterocycles. The molecule has 3 N–H and O–H groups in total. The molecule has 6 heteroatoms. The zero-order valence-electron chi connectivity index (χ0n) is 15.5. The van der Waals surface area contributed by atoms with Gasteiger partial charge in [-0.25, -0.2) is 0 Å². The maximum atomic E-state index is 12.6. The molecule has 0 radical (unpaired) electrons. The van der Waals surface area contributed by atoms with Crippen molar-refractivity contribution in [2.45, 2.75) is 32.4 Å². The summed E-state index contributed by atoms with van der Waals surface area (Å²) in [5.74, 6) is 0.444. The average molecular weight is 364 g/mol. The molecule has 1 amide bonds. The van der Waals surface area contributed by atoms with Crippen LogP contribution in [0.3, 0.4) is 0 Å². The minimum absolute atomic E-state index is 0.145. The molecule has 0 aliphatic carbocycles. The SMILES string of the molecule is CC(NC(=O)C(C)C(N)c1ccccc1)c1noc(Cc2ccccc2)n1. The lowest BCUT2D eigenvalue weighted by atomic mass is 9.94. The molecule has 1 aromatic heterocycles. The second kappa shape index (κ2) is 8.60. The van der Waals surface area contributed by atoms with Crippen molar-refractivity contribution in [3.05, 3.63) is 83.5 Å². The number of aromatic nitrogens is 2. The lowest BCUT2D eigenvalue weighted by Gasteiger charge is -2.21. The summed E-state index contributed by atoms with van der Waals surface area (Å²) < 4.78 is 5.31. The molecule has 0 saturated carbocycles. The minimum atomic E-state index is -0.384. The molecule has 0 fully saturated rings. The molecule has 27 heavy (non-hydrogen) atoms. The van der Waals surface area contributed by atoms with Gasteiger partial charge < -0.3 is 15.6 Å². The molecule has 0 spiro atoms. The zero-order valence-corrected chi connectivity index (χ0v) is 15.5. The molecule has 6 nitrogen and oxygen atoms in total. The van der Waals surface area contributed by atoms with Crippen LogP contribution >= 0.6 is 0 Å². The van der Waals surface area contributed by atoms with Crippen LogP contribution in [-0.4, -0.2) is 16.0 Å². The van der Waals surface area contributed by atoms with E-state index in [-0.39, 0.29) is 23.9 Å². The van der Waals surface area contributed by atoms with E-state index in [0.29, 0.717) is 18.1 Å². The zero-order chi connectivity index (χ0) is 19.2. The summed E-state index contributed by atoms with van der Waals surface area (Å²) >= 11 is 0. The predicted octanol–water partition coefficient (Wildman–Crippen LogP) is 3.17. The number of nitrogens with one attached hydrogen (secondary N) is 1. The Kier molecular flexibility index (Phi) is 5.98. The van der Waals surface area contributed by atoms with E-state index in [4.69, 9.17) is 10.3 Å². The van der Waals surface area contributed by atoms with Gasteiger partial charge >= 0.3 is 0 Å². The summed E-state index contributed by atoms with van der Waals surface area (Å²) in [6.07, 6.45) is 0.559. The average Bonchev–Trinajstić information content (AvgIpc) is 3.17.